The lowest BCUT2D eigenvalue weighted by Gasteiger charge is -2.36. The van der Waals surface area contributed by atoms with Crippen LogP contribution in [0.2, 0.25) is 0 Å². The van der Waals surface area contributed by atoms with Crippen LogP contribution in [0.3, 0.4) is 0 Å². The van der Waals surface area contributed by atoms with Gasteiger partial charge in [-0.3, -0.25) is 4.79 Å². The summed E-state index contributed by atoms with van der Waals surface area (Å²) in [4.78, 5) is 20.8. The van der Waals surface area contributed by atoms with Crippen LogP contribution in [0.25, 0.3) is 0 Å². The molecule has 0 aliphatic carbocycles. The minimum Gasteiger partial charge on any atom is -0.378 e. The zero-order valence-electron chi connectivity index (χ0n) is 13.5. The molecule has 0 unspecified atom stereocenters. The molecule has 0 saturated carbocycles. The number of hydrogen-bond donors (Lipinski definition) is 0. The summed E-state index contributed by atoms with van der Waals surface area (Å²) in [6.45, 7) is 8.00. The van der Waals surface area contributed by atoms with E-state index in [2.05, 4.69) is 22.9 Å². The molecule has 0 aromatic carbocycles. The highest BCUT2D eigenvalue weighted by Gasteiger charge is 2.27. The number of nitrogens with zero attached hydrogens (tertiary/aromatic N) is 3. The van der Waals surface area contributed by atoms with E-state index in [4.69, 9.17) is 4.74 Å². The van der Waals surface area contributed by atoms with Gasteiger partial charge < -0.3 is 14.5 Å². The molecule has 2 fully saturated rings. The van der Waals surface area contributed by atoms with Crippen LogP contribution in [-0.4, -0.2) is 48.6 Å². The zero-order valence-corrected chi connectivity index (χ0v) is 13.5. The second-order valence-electron chi connectivity index (χ2n) is 6.22. The molecule has 1 amide bonds. The number of likely N-dealkylation sites (tertiary alicyclic amines) is 1. The number of amides is 1. The fraction of sp³-hybridized carbons (Fsp3) is 0.647. The molecule has 3 heterocycles. The number of aryl methyl sites for hydroxylation is 1. The number of piperidine rings is 1. The Morgan fingerprint density at radius 2 is 2.05 bits per heavy atom. The van der Waals surface area contributed by atoms with Crippen molar-refractivity contribution in [1.29, 1.82) is 0 Å². The van der Waals surface area contributed by atoms with Crippen molar-refractivity contribution in [2.24, 2.45) is 0 Å². The number of ether oxygens (including phenoxy) is 1. The van der Waals surface area contributed by atoms with Crippen molar-refractivity contribution < 1.29 is 9.53 Å². The third-order valence-electron chi connectivity index (χ3n) is 4.74. The molecule has 5 heteroatoms. The highest BCUT2D eigenvalue weighted by atomic mass is 16.5. The van der Waals surface area contributed by atoms with Gasteiger partial charge in [-0.1, -0.05) is 0 Å². The Kier molecular flexibility index (Phi) is 4.62. The van der Waals surface area contributed by atoms with Gasteiger partial charge >= 0.3 is 0 Å². The van der Waals surface area contributed by atoms with Gasteiger partial charge in [0.2, 0.25) is 5.91 Å². The maximum atomic E-state index is 11.9. The molecule has 2 aliphatic rings. The zero-order chi connectivity index (χ0) is 15.5. The summed E-state index contributed by atoms with van der Waals surface area (Å²) in [6.07, 6.45) is 5.30. The number of anilines is 1. The fourth-order valence-corrected chi connectivity index (χ4v) is 3.50. The molecule has 2 saturated heterocycles. The number of pyridine rings is 1. The Bertz CT molecular complexity index is 541. The topological polar surface area (TPSA) is 45.7 Å². The Hall–Kier alpha value is -1.62. The van der Waals surface area contributed by atoms with Crippen LogP contribution in [0.4, 0.5) is 5.82 Å². The molecule has 1 aromatic rings. The quantitative estimate of drug-likeness (QED) is 0.841. The van der Waals surface area contributed by atoms with Crippen LogP contribution in [0.5, 0.6) is 0 Å². The normalized spacial score (nSPS) is 22.7. The summed E-state index contributed by atoms with van der Waals surface area (Å²) in [5, 5.41) is 0. The van der Waals surface area contributed by atoms with E-state index in [-0.39, 0.29) is 11.9 Å². The van der Waals surface area contributed by atoms with Crippen LogP contribution in [0.1, 0.15) is 43.4 Å². The first-order chi connectivity index (χ1) is 10.7. The van der Waals surface area contributed by atoms with Gasteiger partial charge in [-0.25, -0.2) is 4.98 Å². The van der Waals surface area contributed by atoms with E-state index in [9.17, 15) is 4.79 Å². The van der Waals surface area contributed by atoms with E-state index in [1.54, 1.807) is 6.92 Å². The molecule has 0 bridgehead atoms. The second kappa shape index (κ2) is 6.65. The van der Waals surface area contributed by atoms with Crippen LogP contribution in [-0.2, 0) is 9.53 Å². The highest BCUT2D eigenvalue weighted by Crippen LogP contribution is 2.33. The molecule has 5 nitrogen and oxygen atoms in total. The Morgan fingerprint density at radius 3 is 2.73 bits per heavy atom. The van der Waals surface area contributed by atoms with Crippen molar-refractivity contribution in [3.8, 4) is 0 Å². The molecular formula is C17H25N3O2. The van der Waals surface area contributed by atoms with Gasteiger partial charge in [0, 0.05) is 32.8 Å². The van der Waals surface area contributed by atoms with Crippen LogP contribution in [0.15, 0.2) is 12.3 Å². The van der Waals surface area contributed by atoms with Crippen molar-refractivity contribution in [3.63, 3.8) is 0 Å². The van der Waals surface area contributed by atoms with Gasteiger partial charge in [-0.05, 0) is 43.4 Å². The smallest absolute Gasteiger partial charge is 0.219 e. The number of aromatic nitrogens is 1. The van der Waals surface area contributed by atoms with Crippen molar-refractivity contribution in [3.05, 3.63) is 23.4 Å². The van der Waals surface area contributed by atoms with Gasteiger partial charge in [0.1, 0.15) is 5.82 Å². The summed E-state index contributed by atoms with van der Waals surface area (Å²) in [7, 11) is 0. The fourth-order valence-electron chi connectivity index (χ4n) is 3.50. The van der Waals surface area contributed by atoms with Crippen LogP contribution >= 0.6 is 0 Å². The third-order valence-corrected chi connectivity index (χ3v) is 4.74. The molecule has 1 aromatic heterocycles. The molecular weight excluding hydrogens is 278 g/mol. The summed E-state index contributed by atoms with van der Waals surface area (Å²) in [6, 6.07) is 2.35. The average Bonchev–Trinajstić information content (AvgIpc) is 2.55. The maximum absolute atomic E-state index is 11.9. The summed E-state index contributed by atoms with van der Waals surface area (Å²) < 4.78 is 5.40. The summed E-state index contributed by atoms with van der Waals surface area (Å²) in [5.74, 6) is 1.19. The summed E-state index contributed by atoms with van der Waals surface area (Å²) in [5.41, 5.74) is 2.43. The van der Waals surface area contributed by atoms with Crippen LogP contribution < -0.4 is 4.90 Å². The molecule has 120 valence electrons. The van der Waals surface area contributed by atoms with Gasteiger partial charge in [0.15, 0.2) is 0 Å². The van der Waals surface area contributed by atoms with Crippen molar-refractivity contribution in [2.45, 2.75) is 39.2 Å². The van der Waals surface area contributed by atoms with E-state index in [0.717, 1.165) is 51.5 Å². The molecule has 0 spiro atoms. The third kappa shape index (κ3) is 3.09. The van der Waals surface area contributed by atoms with Gasteiger partial charge in [-0.15, -0.1) is 0 Å². The number of morpholine rings is 1. The lowest BCUT2D eigenvalue weighted by atomic mass is 9.93. The Morgan fingerprint density at radius 1 is 1.27 bits per heavy atom. The molecule has 2 aliphatic heterocycles. The van der Waals surface area contributed by atoms with Crippen LogP contribution in [0, 0.1) is 6.92 Å². The predicted molar refractivity (Wildman–Crippen MR) is 86.0 cm³/mol. The van der Waals surface area contributed by atoms with Crippen molar-refractivity contribution >= 4 is 11.7 Å². The number of hydrogen-bond acceptors (Lipinski definition) is 4. The van der Waals surface area contributed by atoms with E-state index >= 15 is 0 Å². The first-order valence-corrected chi connectivity index (χ1v) is 8.23. The van der Waals surface area contributed by atoms with E-state index in [1.807, 2.05) is 11.1 Å². The molecule has 22 heavy (non-hydrogen) atoms. The van der Waals surface area contributed by atoms with E-state index in [0.29, 0.717) is 0 Å². The first-order valence-electron chi connectivity index (χ1n) is 8.23. The highest BCUT2D eigenvalue weighted by molar-refractivity contribution is 5.74. The van der Waals surface area contributed by atoms with Gasteiger partial charge in [-0.2, -0.15) is 0 Å². The number of rotatable bonds is 2. The molecule has 1 atom stereocenters. The Balaban J connectivity index is 1.83. The lowest BCUT2D eigenvalue weighted by Crippen LogP contribution is -2.38. The van der Waals surface area contributed by atoms with Gasteiger partial charge in [0.05, 0.1) is 19.3 Å². The maximum Gasteiger partial charge on any atom is 0.219 e. The lowest BCUT2D eigenvalue weighted by molar-refractivity contribution is -0.132. The Labute approximate surface area is 132 Å². The summed E-state index contributed by atoms with van der Waals surface area (Å²) >= 11 is 0. The standard InChI is InChI=1S/C17H25N3O2/c1-13-11-17(19-7-9-22-10-8-19)18-12-15(13)16-5-3-4-6-20(16)14(2)21/h11-12,16H,3-10H2,1-2H3/t16-/m1/s1. The molecule has 0 radical (unpaired) electrons. The van der Waals surface area contributed by atoms with Crippen molar-refractivity contribution in [1.82, 2.24) is 9.88 Å². The number of carbonyl (C=O) groups excluding carboxylic acids is 1. The predicted octanol–water partition coefficient (Wildman–Crippen LogP) is 2.30. The average molecular weight is 303 g/mol. The number of carbonyl (C=O) groups is 1. The van der Waals surface area contributed by atoms with Crippen molar-refractivity contribution in [2.75, 3.05) is 37.7 Å². The molecule has 0 N–H and O–H groups in total. The van der Waals surface area contributed by atoms with E-state index < -0.39 is 0 Å². The molecule has 3 rings (SSSR count). The minimum absolute atomic E-state index is 0.168. The SMILES string of the molecule is CC(=O)N1CCCC[C@@H]1c1cnc(N2CCOCC2)cc1C. The van der Waals surface area contributed by atoms with E-state index in [1.165, 1.54) is 17.5 Å². The second-order valence-corrected chi connectivity index (χ2v) is 6.22. The monoisotopic (exact) mass is 303 g/mol. The van der Waals surface area contributed by atoms with Gasteiger partial charge in [0.25, 0.3) is 0 Å². The largest absolute Gasteiger partial charge is 0.378 e. The first kappa shape index (κ1) is 15.3. The minimum atomic E-state index is 0.168.